The molecule has 0 aliphatic heterocycles. The highest BCUT2D eigenvalue weighted by Gasteiger charge is 2.00. The Balaban J connectivity index is 2.26. The first-order chi connectivity index (χ1) is 7.72. The second-order valence-electron chi connectivity index (χ2n) is 3.72. The summed E-state index contributed by atoms with van der Waals surface area (Å²) >= 11 is 0. The molecule has 0 bridgehead atoms. The van der Waals surface area contributed by atoms with Gasteiger partial charge in [-0.05, 0) is 32.0 Å². The molecular formula is C12H19N3O. The van der Waals surface area contributed by atoms with Gasteiger partial charge in [0, 0.05) is 5.69 Å². The molecule has 1 rings (SSSR count). The molecule has 1 heterocycles. The van der Waals surface area contributed by atoms with Crippen LogP contribution in [0.15, 0.2) is 18.2 Å². The lowest BCUT2D eigenvalue weighted by Crippen LogP contribution is -2.33. The number of hydrogen-bond donors (Lipinski definition) is 2. The van der Waals surface area contributed by atoms with Crippen LogP contribution in [-0.4, -0.2) is 24.0 Å². The van der Waals surface area contributed by atoms with Crippen LogP contribution in [0.3, 0.4) is 0 Å². The van der Waals surface area contributed by atoms with E-state index in [4.69, 9.17) is 0 Å². The third-order valence-electron chi connectivity index (χ3n) is 2.13. The third kappa shape index (κ3) is 4.89. The predicted molar refractivity (Wildman–Crippen MR) is 64.0 cm³/mol. The smallest absolute Gasteiger partial charge is 0.234 e. The van der Waals surface area contributed by atoms with Gasteiger partial charge in [0.1, 0.15) is 0 Å². The van der Waals surface area contributed by atoms with Crippen molar-refractivity contribution in [3.63, 3.8) is 0 Å². The summed E-state index contributed by atoms with van der Waals surface area (Å²) in [5, 5.41) is 5.87. The van der Waals surface area contributed by atoms with E-state index in [0.717, 1.165) is 24.4 Å². The van der Waals surface area contributed by atoms with E-state index in [2.05, 4.69) is 22.5 Å². The maximum atomic E-state index is 11.4. The molecule has 0 radical (unpaired) electrons. The highest BCUT2D eigenvalue weighted by molar-refractivity contribution is 5.77. The topological polar surface area (TPSA) is 54.0 Å². The van der Waals surface area contributed by atoms with Crippen molar-refractivity contribution in [2.45, 2.75) is 26.8 Å². The number of nitrogens with one attached hydrogen (secondary N) is 2. The Kier molecular flexibility index (Phi) is 5.50. The molecule has 0 aliphatic carbocycles. The number of aryl methyl sites for hydroxylation is 1. The van der Waals surface area contributed by atoms with Crippen LogP contribution < -0.4 is 10.6 Å². The number of hydrogen-bond acceptors (Lipinski definition) is 3. The van der Waals surface area contributed by atoms with Gasteiger partial charge in [0.25, 0.3) is 0 Å². The molecule has 0 atom stereocenters. The maximum absolute atomic E-state index is 11.4. The van der Waals surface area contributed by atoms with Crippen LogP contribution in [0.1, 0.15) is 24.7 Å². The average Bonchev–Trinajstić information content (AvgIpc) is 2.27. The van der Waals surface area contributed by atoms with Crippen molar-refractivity contribution in [3.05, 3.63) is 29.6 Å². The first-order valence-electron chi connectivity index (χ1n) is 5.62. The molecule has 0 saturated heterocycles. The number of rotatable bonds is 6. The third-order valence-corrected chi connectivity index (χ3v) is 2.13. The first kappa shape index (κ1) is 12.6. The molecule has 0 spiro atoms. The van der Waals surface area contributed by atoms with Crippen LogP contribution in [0, 0.1) is 6.92 Å². The van der Waals surface area contributed by atoms with Gasteiger partial charge >= 0.3 is 0 Å². The first-order valence-corrected chi connectivity index (χ1v) is 5.62. The van der Waals surface area contributed by atoms with Gasteiger partial charge in [0.2, 0.25) is 5.91 Å². The van der Waals surface area contributed by atoms with Crippen molar-refractivity contribution in [1.29, 1.82) is 0 Å². The minimum Gasteiger partial charge on any atom is -0.349 e. The second kappa shape index (κ2) is 6.95. The lowest BCUT2D eigenvalue weighted by atomic mass is 10.3. The molecule has 16 heavy (non-hydrogen) atoms. The summed E-state index contributed by atoms with van der Waals surface area (Å²) < 4.78 is 0. The van der Waals surface area contributed by atoms with Gasteiger partial charge in [-0.2, -0.15) is 0 Å². The Bertz CT molecular complexity index is 339. The number of aromatic nitrogens is 1. The Morgan fingerprint density at radius 1 is 1.44 bits per heavy atom. The minimum atomic E-state index is 0.0109. The number of pyridine rings is 1. The van der Waals surface area contributed by atoms with E-state index in [1.165, 1.54) is 0 Å². The molecule has 4 nitrogen and oxygen atoms in total. The summed E-state index contributed by atoms with van der Waals surface area (Å²) in [5.41, 5.74) is 1.86. The number of carbonyl (C=O) groups is 1. The highest BCUT2D eigenvalue weighted by atomic mass is 16.1. The quantitative estimate of drug-likeness (QED) is 0.705. The average molecular weight is 221 g/mol. The summed E-state index contributed by atoms with van der Waals surface area (Å²) in [7, 11) is 0. The summed E-state index contributed by atoms with van der Waals surface area (Å²) in [6.07, 6.45) is 1.03. The Morgan fingerprint density at radius 2 is 2.25 bits per heavy atom. The number of amides is 1. The van der Waals surface area contributed by atoms with E-state index in [0.29, 0.717) is 13.1 Å². The van der Waals surface area contributed by atoms with Crippen molar-refractivity contribution < 1.29 is 4.79 Å². The molecule has 0 aliphatic rings. The fraction of sp³-hybridized carbons (Fsp3) is 0.500. The van der Waals surface area contributed by atoms with Gasteiger partial charge in [0.15, 0.2) is 0 Å². The molecule has 1 aromatic rings. The normalized spacial score (nSPS) is 10.1. The summed E-state index contributed by atoms with van der Waals surface area (Å²) in [6.45, 7) is 5.75. The predicted octanol–water partition coefficient (Wildman–Crippen LogP) is 1.01. The monoisotopic (exact) mass is 221 g/mol. The summed E-state index contributed by atoms with van der Waals surface area (Å²) in [6, 6.07) is 5.79. The van der Waals surface area contributed by atoms with Crippen molar-refractivity contribution in [2.24, 2.45) is 0 Å². The van der Waals surface area contributed by atoms with E-state index in [1.807, 2.05) is 25.1 Å². The van der Waals surface area contributed by atoms with Crippen LogP contribution in [0.25, 0.3) is 0 Å². The SMILES string of the molecule is CCCNCC(=O)NCc1cccc(C)n1. The van der Waals surface area contributed by atoms with Crippen LogP contribution in [0.4, 0.5) is 0 Å². The van der Waals surface area contributed by atoms with Gasteiger partial charge in [0.05, 0.1) is 18.8 Å². The van der Waals surface area contributed by atoms with Gasteiger partial charge < -0.3 is 10.6 Å². The molecule has 1 amide bonds. The zero-order chi connectivity index (χ0) is 11.8. The van der Waals surface area contributed by atoms with E-state index < -0.39 is 0 Å². The zero-order valence-corrected chi connectivity index (χ0v) is 9.92. The van der Waals surface area contributed by atoms with Crippen LogP contribution in [0.2, 0.25) is 0 Å². The Labute approximate surface area is 96.5 Å². The number of nitrogens with zero attached hydrogens (tertiary/aromatic N) is 1. The van der Waals surface area contributed by atoms with Gasteiger partial charge in [-0.1, -0.05) is 13.0 Å². The lowest BCUT2D eigenvalue weighted by Gasteiger charge is -2.06. The van der Waals surface area contributed by atoms with E-state index >= 15 is 0 Å². The van der Waals surface area contributed by atoms with E-state index in [-0.39, 0.29) is 5.91 Å². The van der Waals surface area contributed by atoms with Crippen LogP contribution >= 0.6 is 0 Å². The Hall–Kier alpha value is -1.42. The molecule has 0 unspecified atom stereocenters. The Morgan fingerprint density at radius 3 is 2.94 bits per heavy atom. The molecule has 88 valence electrons. The van der Waals surface area contributed by atoms with E-state index in [1.54, 1.807) is 0 Å². The van der Waals surface area contributed by atoms with Gasteiger partial charge in [-0.15, -0.1) is 0 Å². The van der Waals surface area contributed by atoms with Crippen molar-refractivity contribution in [3.8, 4) is 0 Å². The largest absolute Gasteiger partial charge is 0.349 e. The summed E-state index contributed by atoms with van der Waals surface area (Å²) in [4.78, 5) is 15.7. The molecule has 0 aromatic carbocycles. The maximum Gasteiger partial charge on any atom is 0.234 e. The molecule has 0 fully saturated rings. The van der Waals surface area contributed by atoms with Crippen molar-refractivity contribution in [1.82, 2.24) is 15.6 Å². The fourth-order valence-corrected chi connectivity index (χ4v) is 1.33. The fourth-order valence-electron chi connectivity index (χ4n) is 1.33. The standard InChI is InChI=1S/C12H19N3O/c1-3-7-13-9-12(16)14-8-11-6-4-5-10(2)15-11/h4-6,13H,3,7-9H2,1-2H3,(H,14,16). The van der Waals surface area contributed by atoms with E-state index in [9.17, 15) is 4.79 Å². The van der Waals surface area contributed by atoms with Crippen molar-refractivity contribution in [2.75, 3.05) is 13.1 Å². The second-order valence-corrected chi connectivity index (χ2v) is 3.72. The highest BCUT2D eigenvalue weighted by Crippen LogP contribution is 1.96. The molecule has 2 N–H and O–H groups in total. The number of carbonyl (C=O) groups excluding carboxylic acids is 1. The summed E-state index contributed by atoms with van der Waals surface area (Å²) in [5.74, 6) is 0.0109. The van der Waals surface area contributed by atoms with Crippen LogP contribution in [0.5, 0.6) is 0 Å². The molecule has 0 saturated carbocycles. The zero-order valence-electron chi connectivity index (χ0n) is 9.92. The van der Waals surface area contributed by atoms with Crippen LogP contribution in [-0.2, 0) is 11.3 Å². The molecule has 4 heteroatoms. The lowest BCUT2D eigenvalue weighted by molar-refractivity contribution is -0.120. The van der Waals surface area contributed by atoms with Gasteiger partial charge in [-0.3, -0.25) is 9.78 Å². The van der Waals surface area contributed by atoms with Crippen molar-refractivity contribution >= 4 is 5.91 Å². The molecule has 1 aromatic heterocycles. The molecular weight excluding hydrogens is 202 g/mol. The van der Waals surface area contributed by atoms with Gasteiger partial charge in [-0.25, -0.2) is 0 Å². The minimum absolute atomic E-state index is 0.0109.